The highest BCUT2D eigenvalue weighted by Gasteiger charge is 2.43. The lowest BCUT2D eigenvalue weighted by molar-refractivity contribution is -0.255. The molecule has 1 aliphatic carbocycles. The van der Waals surface area contributed by atoms with Gasteiger partial charge in [-0.1, -0.05) is 54.1 Å². The molecule has 1 aliphatic heterocycles. The van der Waals surface area contributed by atoms with Gasteiger partial charge in [-0.15, -0.1) is 0 Å². The lowest BCUT2D eigenvalue weighted by Crippen LogP contribution is -2.31. The molecule has 27 heavy (non-hydrogen) atoms. The molecule has 0 saturated carbocycles. The Morgan fingerprint density at radius 1 is 1.00 bits per heavy atom. The molecule has 5 rings (SSSR count). The maximum atomic E-state index is 11.4. The molecular weight excluding hydrogens is 358 g/mol. The van der Waals surface area contributed by atoms with Gasteiger partial charge in [-0.3, -0.25) is 0 Å². The molecule has 0 fully saturated rings. The van der Waals surface area contributed by atoms with Crippen LogP contribution in [-0.4, -0.2) is 5.97 Å². The van der Waals surface area contributed by atoms with Crippen LogP contribution in [0.25, 0.3) is 0 Å². The van der Waals surface area contributed by atoms with Crippen molar-refractivity contribution in [3.05, 3.63) is 99.6 Å². The van der Waals surface area contributed by atoms with Crippen LogP contribution in [0, 0.1) is 5.92 Å². The van der Waals surface area contributed by atoms with Crippen molar-refractivity contribution in [1.29, 1.82) is 0 Å². The van der Waals surface area contributed by atoms with Crippen LogP contribution in [0.1, 0.15) is 44.6 Å². The first-order valence-electron chi connectivity index (χ1n) is 9.07. The number of anilines is 1. The van der Waals surface area contributed by atoms with E-state index in [2.05, 4.69) is 35.6 Å². The van der Waals surface area contributed by atoms with Gasteiger partial charge < -0.3 is 15.2 Å². The molecule has 0 amide bonds. The van der Waals surface area contributed by atoms with Crippen LogP contribution < -0.4 is 10.4 Å². The number of nitrogens with one attached hydrogen (secondary N) is 1. The zero-order valence-electron chi connectivity index (χ0n) is 14.5. The summed E-state index contributed by atoms with van der Waals surface area (Å²) in [5.41, 5.74) is 5.99. The third-order valence-electron chi connectivity index (χ3n) is 5.84. The second-order valence-corrected chi connectivity index (χ2v) is 7.75. The molecule has 134 valence electrons. The fourth-order valence-electron chi connectivity index (χ4n) is 4.72. The predicted octanol–water partition coefficient (Wildman–Crippen LogP) is 4.17. The Morgan fingerprint density at radius 3 is 2.67 bits per heavy atom. The van der Waals surface area contributed by atoms with E-state index in [9.17, 15) is 9.90 Å². The molecule has 0 radical (unpaired) electrons. The Kier molecular flexibility index (Phi) is 3.73. The van der Waals surface area contributed by atoms with E-state index < -0.39 is 5.97 Å². The summed E-state index contributed by atoms with van der Waals surface area (Å²) < 4.78 is 0. The van der Waals surface area contributed by atoms with Crippen LogP contribution >= 0.6 is 11.6 Å². The van der Waals surface area contributed by atoms with Crippen LogP contribution in [0.4, 0.5) is 5.69 Å². The minimum atomic E-state index is -1.14. The number of carboxylic acid groups (broad SMARTS) is 1. The lowest BCUT2D eigenvalue weighted by atomic mass is 9.75. The molecule has 4 heteroatoms. The molecule has 2 aliphatic rings. The average Bonchev–Trinajstić information content (AvgIpc) is 3.06. The number of aromatic carboxylic acids is 1. The zero-order valence-corrected chi connectivity index (χ0v) is 15.2. The largest absolute Gasteiger partial charge is 0.545 e. The number of benzene rings is 3. The fraction of sp³-hybridized carbons (Fsp3) is 0.174. The van der Waals surface area contributed by atoms with Gasteiger partial charge in [0.05, 0.1) is 12.0 Å². The lowest BCUT2D eigenvalue weighted by Gasteiger charge is -2.38. The summed E-state index contributed by atoms with van der Waals surface area (Å²) in [7, 11) is 0. The monoisotopic (exact) mass is 374 g/mol. The number of hydrogen-bond donors (Lipinski definition) is 1. The first kappa shape index (κ1) is 16.4. The maximum absolute atomic E-state index is 11.4. The van der Waals surface area contributed by atoms with E-state index >= 15 is 0 Å². The molecule has 1 heterocycles. The summed E-state index contributed by atoms with van der Waals surface area (Å²) >= 11 is 6.25. The topological polar surface area (TPSA) is 52.2 Å². The van der Waals surface area contributed by atoms with E-state index in [-0.39, 0.29) is 17.5 Å². The molecule has 0 saturated heterocycles. The number of halogens is 1. The van der Waals surface area contributed by atoms with Crippen molar-refractivity contribution in [2.45, 2.75) is 18.4 Å². The molecule has 3 aromatic rings. The highest BCUT2D eigenvalue weighted by Crippen LogP contribution is 2.53. The Hall–Kier alpha value is -2.78. The van der Waals surface area contributed by atoms with E-state index in [1.807, 2.05) is 24.3 Å². The fourth-order valence-corrected chi connectivity index (χ4v) is 4.92. The minimum absolute atomic E-state index is 0.113. The Balaban J connectivity index is 1.69. The second kappa shape index (κ2) is 6.14. The summed E-state index contributed by atoms with van der Waals surface area (Å²) in [6.07, 6.45) is 0.944. The van der Waals surface area contributed by atoms with Crippen LogP contribution in [0.3, 0.4) is 0 Å². The third kappa shape index (κ3) is 2.62. The van der Waals surface area contributed by atoms with Crippen LogP contribution in [0.2, 0.25) is 5.02 Å². The molecule has 0 spiro atoms. The van der Waals surface area contributed by atoms with E-state index in [0.29, 0.717) is 5.92 Å². The normalized spacial score (nSPS) is 22.3. The summed E-state index contributed by atoms with van der Waals surface area (Å²) in [5, 5.41) is 15.8. The number of carbonyl (C=O) groups is 1. The number of fused-ring (bicyclic) bond motifs is 5. The first-order valence-corrected chi connectivity index (χ1v) is 9.45. The molecule has 0 bridgehead atoms. The van der Waals surface area contributed by atoms with Crippen molar-refractivity contribution in [2.24, 2.45) is 5.92 Å². The summed E-state index contributed by atoms with van der Waals surface area (Å²) in [6, 6.07) is 21.8. The zero-order chi connectivity index (χ0) is 18.5. The quantitative estimate of drug-likeness (QED) is 0.732. The van der Waals surface area contributed by atoms with Crippen LogP contribution in [0.15, 0.2) is 66.7 Å². The number of rotatable bonds is 2. The van der Waals surface area contributed by atoms with Gasteiger partial charge in [-0.2, -0.15) is 0 Å². The van der Waals surface area contributed by atoms with Crippen molar-refractivity contribution in [1.82, 2.24) is 0 Å². The van der Waals surface area contributed by atoms with Crippen molar-refractivity contribution in [3.8, 4) is 0 Å². The Labute approximate surface area is 162 Å². The molecule has 0 unspecified atom stereocenters. The van der Waals surface area contributed by atoms with Crippen molar-refractivity contribution in [3.63, 3.8) is 0 Å². The number of carboxylic acids is 1. The minimum Gasteiger partial charge on any atom is -0.545 e. The number of hydrogen-bond acceptors (Lipinski definition) is 3. The van der Waals surface area contributed by atoms with E-state index in [1.54, 1.807) is 12.1 Å². The Morgan fingerprint density at radius 2 is 1.85 bits per heavy atom. The van der Waals surface area contributed by atoms with Gasteiger partial charge in [0.25, 0.3) is 0 Å². The number of carbonyl (C=O) groups excluding carboxylic acids is 1. The van der Waals surface area contributed by atoms with E-state index in [0.717, 1.165) is 28.3 Å². The molecular formula is C23H17ClNO2-. The smallest absolute Gasteiger partial charge is 0.0715 e. The summed E-state index contributed by atoms with van der Waals surface area (Å²) in [6.45, 7) is 0. The van der Waals surface area contributed by atoms with E-state index in [4.69, 9.17) is 11.6 Å². The predicted molar refractivity (Wildman–Crippen MR) is 104 cm³/mol. The van der Waals surface area contributed by atoms with Gasteiger partial charge in [0.1, 0.15) is 0 Å². The second-order valence-electron chi connectivity index (χ2n) is 7.31. The summed E-state index contributed by atoms with van der Waals surface area (Å²) in [5.74, 6) is -0.691. The molecule has 1 N–H and O–H groups in total. The SMILES string of the molecule is O=C([O-])c1ccc2c(c1)[C@H]1c3ccccc3C[C@H]1[C@@H](c1cccc(Cl)c1)N2. The van der Waals surface area contributed by atoms with Gasteiger partial charge in [-0.05, 0) is 64.4 Å². The standard InChI is InChI=1S/C23H18ClNO2/c24-16-6-3-5-14(10-16)22-19-11-13-4-1-2-7-17(13)21(19)18-12-15(23(26)27)8-9-20(18)25-22/h1-10,12,19,21-22,25H,11H2,(H,26,27)/p-1/t19-,21-,22-/m1/s1. The van der Waals surface area contributed by atoms with Crippen LogP contribution in [-0.2, 0) is 6.42 Å². The Bertz CT molecular complexity index is 1060. The van der Waals surface area contributed by atoms with Crippen molar-refractivity contribution in [2.75, 3.05) is 5.32 Å². The van der Waals surface area contributed by atoms with Gasteiger partial charge in [0.2, 0.25) is 0 Å². The molecule has 0 aromatic heterocycles. The maximum Gasteiger partial charge on any atom is 0.0715 e. The third-order valence-corrected chi connectivity index (χ3v) is 6.08. The molecule has 3 atom stereocenters. The highest BCUT2D eigenvalue weighted by molar-refractivity contribution is 6.30. The van der Waals surface area contributed by atoms with Crippen molar-refractivity contribution < 1.29 is 9.90 Å². The van der Waals surface area contributed by atoms with Gasteiger partial charge in [0.15, 0.2) is 0 Å². The van der Waals surface area contributed by atoms with Gasteiger partial charge in [0, 0.05) is 16.6 Å². The van der Waals surface area contributed by atoms with Gasteiger partial charge >= 0.3 is 0 Å². The van der Waals surface area contributed by atoms with Gasteiger partial charge in [-0.25, -0.2) is 0 Å². The van der Waals surface area contributed by atoms with Crippen LogP contribution in [0.5, 0.6) is 0 Å². The molecule has 3 aromatic carbocycles. The first-order chi connectivity index (χ1) is 13.1. The van der Waals surface area contributed by atoms with E-state index in [1.165, 1.54) is 11.1 Å². The van der Waals surface area contributed by atoms with Crippen molar-refractivity contribution >= 4 is 23.3 Å². The average molecular weight is 375 g/mol. The summed E-state index contributed by atoms with van der Waals surface area (Å²) in [4.78, 5) is 11.4. The molecule has 3 nitrogen and oxygen atoms in total. The highest BCUT2D eigenvalue weighted by atomic mass is 35.5.